The molecule has 0 atom stereocenters. The van der Waals surface area contributed by atoms with Crippen LogP contribution in [-0.4, -0.2) is 36.3 Å². The van der Waals surface area contributed by atoms with Gasteiger partial charge in [0.15, 0.2) is 0 Å². The number of benzene rings is 10. The third-order valence-corrected chi connectivity index (χ3v) is 18.2. The number of nitrogens with zero attached hydrogens (tertiary/aromatic N) is 5. The van der Waals surface area contributed by atoms with Crippen LogP contribution in [0.4, 0.5) is 0 Å². The fourth-order valence-electron chi connectivity index (χ4n) is 15.7. The van der Waals surface area contributed by atoms with Crippen molar-refractivity contribution in [1.29, 1.82) is 0 Å². The summed E-state index contributed by atoms with van der Waals surface area (Å²) in [6.07, 6.45) is 7.05. The highest BCUT2D eigenvalue weighted by molar-refractivity contribution is 7.04. The number of para-hydroxylation sites is 7. The van der Waals surface area contributed by atoms with Gasteiger partial charge in [-0.2, -0.15) is 0 Å². The number of hydrogen-bond donors (Lipinski definition) is 0. The quantitative estimate of drug-likeness (QED) is 0.155. The summed E-state index contributed by atoms with van der Waals surface area (Å²) in [5, 5.41) is 14.4. The second kappa shape index (κ2) is 12.3. The molecule has 0 bridgehead atoms. The molecule has 0 fully saturated rings. The molecule has 0 radical (unpaired) electrons. The summed E-state index contributed by atoms with van der Waals surface area (Å²) in [6.45, 7) is 0.0619. The lowest BCUT2D eigenvalue weighted by atomic mass is 9.30. The Hall–Kier alpha value is -9.19. The van der Waals surface area contributed by atoms with Crippen molar-refractivity contribution in [3.63, 3.8) is 0 Å². The third-order valence-electron chi connectivity index (χ3n) is 18.2. The van der Waals surface area contributed by atoms with Gasteiger partial charge in [-0.3, -0.25) is 0 Å². The highest BCUT2D eigenvalue weighted by atomic mass is 15.1. The molecule has 0 amide bonds. The Morgan fingerprint density at radius 2 is 0.767 bits per heavy atom. The maximum absolute atomic E-state index is 2.73. The normalized spacial score (nSPS) is 14.4. The fourth-order valence-corrected chi connectivity index (χ4v) is 15.7. The van der Waals surface area contributed by atoms with E-state index in [4.69, 9.17) is 0 Å². The van der Waals surface area contributed by atoms with Gasteiger partial charge in [-0.15, -0.1) is 0 Å². The molecule has 4 aliphatic heterocycles. The Bertz CT molecular complexity index is 5310. The van der Waals surface area contributed by atoms with Gasteiger partial charge < -0.3 is 22.8 Å². The zero-order valence-electron chi connectivity index (χ0n) is 39.4. The van der Waals surface area contributed by atoms with E-state index in [9.17, 15) is 0 Å². The van der Waals surface area contributed by atoms with Crippen molar-refractivity contribution in [3.8, 4) is 28.4 Å². The summed E-state index contributed by atoms with van der Waals surface area (Å²) in [7, 11) is 0. The molecule has 0 spiro atoms. The Labute approximate surface area is 417 Å². The van der Waals surface area contributed by atoms with Crippen LogP contribution in [0.3, 0.4) is 0 Å². The summed E-state index contributed by atoms with van der Waals surface area (Å²) in [5.41, 5.74) is 26.3. The SMILES string of the molecule is C1=c2c(n(-c3cc4c5c(c3)c3cc(-n6c7ccccc7c7ccccc76)ccc3n5-c3cc5c6c7c3B4c3cccc4c8cccc(c8n-7c34)B6c3cccc4c6ccccc6n-5c34)c3ccccc23)=CCC1. The second-order valence-electron chi connectivity index (χ2n) is 21.3. The Morgan fingerprint density at radius 1 is 0.301 bits per heavy atom. The summed E-state index contributed by atoms with van der Waals surface area (Å²) in [6, 6.07) is 72.4. The summed E-state index contributed by atoms with van der Waals surface area (Å²) < 4.78 is 13.1. The largest absolute Gasteiger partial charge is 0.311 e. The van der Waals surface area contributed by atoms with Crippen LogP contribution >= 0.6 is 0 Å². The molecular formula is C66H37B2N5. The van der Waals surface area contributed by atoms with Gasteiger partial charge in [0.2, 0.25) is 0 Å². The number of rotatable bonds is 2. The van der Waals surface area contributed by atoms with Gasteiger partial charge in [0.25, 0.3) is 13.4 Å². The van der Waals surface area contributed by atoms with E-state index in [1.807, 2.05) is 0 Å². The monoisotopic (exact) mass is 921 g/mol. The van der Waals surface area contributed by atoms with Crippen LogP contribution in [0.5, 0.6) is 0 Å². The molecule has 1 aliphatic carbocycles. The van der Waals surface area contributed by atoms with E-state index in [1.165, 1.54) is 170 Å². The van der Waals surface area contributed by atoms with Crippen molar-refractivity contribution in [1.82, 2.24) is 22.8 Å². The predicted molar refractivity (Wildman–Crippen MR) is 307 cm³/mol. The Balaban J connectivity index is 1.01. The van der Waals surface area contributed by atoms with Crippen LogP contribution in [0.25, 0.3) is 139 Å². The highest BCUT2D eigenvalue weighted by Gasteiger charge is 2.49. The molecule has 0 unspecified atom stereocenters. The minimum absolute atomic E-state index is 0.0131. The van der Waals surface area contributed by atoms with Crippen LogP contribution in [0.15, 0.2) is 188 Å². The van der Waals surface area contributed by atoms with Crippen LogP contribution in [0.2, 0.25) is 0 Å². The van der Waals surface area contributed by atoms with Crippen LogP contribution in [0.1, 0.15) is 12.8 Å². The average molecular weight is 922 g/mol. The maximum Gasteiger partial charge on any atom is 0.252 e. The van der Waals surface area contributed by atoms with Crippen LogP contribution < -0.4 is 43.3 Å². The summed E-state index contributed by atoms with van der Waals surface area (Å²) in [5.74, 6) is 0. The lowest BCUT2D eigenvalue weighted by Gasteiger charge is -2.41. The minimum atomic E-state index is -0.0131. The highest BCUT2D eigenvalue weighted by Crippen LogP contribution is 2.44. The standard InChI is InChI=1S/C66H37B2N5/c1-6-25-52-38(14-1)39-15-2-7-26-53(39)69(52)36-30-31-57-46(32-36)47-33-37(70-54-27-8-3-16-40(54)41-17-4-9-28-55(41)70)34-51-65(47)72(57)59-35-58-60-66-61(59)68(51)50-24-13-21-45-44-20-12-23-49(63(44)73(66)64(45)50)67(60)48-22-11-19-43-42-18-5-10-29-56(42)71(58)62(43)48/h1-3,5-8,10-35H,4,9H2. The number of hydrogen-bond acceptors (Lipinski definition) is 0. The van der Waals surface area contributed by atoms with Crippen LogP contribution in [-0.2, 0) is 0 Å². The van der Waals surface area contributed by atoms with Gasteiger partial charge in [0, 0.05) is 110 Å². The summed E-state index contributed by atoms with van der Waals surface area (Å²) >= 11 is 0. The van der Waals surface area contributed by atoms with E-state index in [1.54, 1.807) is 0 Å². The Morgan fingerprint density at radius 3 is 1.41 bits per heavy atom. The van der Waals surface area contributed by atoms with E-state index >= 15 is 0 Å². The topological polar surface area (TPSA) is 24.6 Å². The lowest BCUT2D eigenvalue weighted by Crippen LogP contribution is -2.66. The first kappa shape index (κ1) is 36.7. The van der Waals surface area contributed by atoms with Crippen molar-refractivity contribution in [2.24, 2.45) is 0 Å². The number of fused-ring (bicyclic) bond motifs is 19. The van der Waals surface area contributed by atoms with Gasteiger partial charge >= 0.3 is 0 Å². The minimum Gasteiger partial charge on any atom is -0.311 e. The van der Waals surface area contributed by atoms with E-state index in [0.29, 0.717) is 0 Å². The first-order valence-corrected chi connectivity index (χ1v) is 26.0. The van der Waals surface area contributed by atoms with Crippen molar-refractivity contribution in [3.05, 3.63) is 199 Å². The molecule has 5 aromatic heterocycles. The van der Waals surface area contributed by atoms with Crippen molar-refractivity contribution < 1.29 is 0 Å². The molecule has 7 heteroatoms. The number of aromatic nitrogens is 5. The average Bonchev–Trinajstić information content (AvgIpc) is 4.25. The molecular weight excluding hydrogens is 884 g/mol. The van der Waals surface area contributed by atoms with Gasteiger partial charge in [0.1, 0.15) is 0 Å². The Kier molecular flexibility index (Phi) is 6.17. The van der Waals surface area contributed by atoms with E-state index in [2.05, 4.69) is 223 Å². The molecule has 15 aromatic rings. The predicted octanol–water partition coefficient (Wildman–Crippen LogP) is 9.66. The molecule has 332 valence electrons. The molecule has 0 saturated heterocycles. The lowest BCUT2D eigenvalue weighted by molar-refractivity contribution is 1.03. The maximum atomic E-state index is 2.73. The van der Waals surface area contributed by atoms with Crippen molar-refractivity contribution in [2.75, 3.05) is 0 Å². The molecule has 73 heavy (non-hydrogen) atoms. The van der Waals surface area contributed by atoms with E-state index in [-0.39, 0.29) is 13.4 Å². The first-order valence-electron chi connectivity index (χ1n) is 26.0. The molecule has 9 heterocycles. The first-order chi connectivity index (χ1) is 36.3. The molecule has 20 rings (SSSR count). The molecule has 10 aromatic carbocycles. The zero-order valence-corrected chi connectivity index (χ0v) is 39.4. The van der Waals surface area contributed by atoms with E-state index < -0.39 is 0 Å². The van der Waals surface area contributed by atoms with Crippen molar-refractivity contribution >= 4 is 156 Å². The fraction of sp³-hybridized carbons (Fsp3) is 0.0303. The van der Waals surface area contributed by atoms with E-state index in [0.717, 1.165) is 12.8 Å². The van der Waals surface area contributed by atoms with Crippen molar-refractivity contribution in [2.45, 2.75) is 12.8 Å². The zero-order chi connectivity index (χ0) is 46.7. The molecule has 5 aliphatic rings. The third kappa shape index (κ3) is 4.01. The molecule has 0 N–H and O–H groups in total. The van der Waals surface area contributed by atoms with Gasteiger partial charge in [-0.25, -0.2) is 0 Å². The second-order valence-corrected chi connectivity index (χ2v) is 21.3. The molecule has 5 nitrogen and oxygen atoms in total. The van der Waals surface area contributed by atoms with Gasteiger partial charge in [0.05, 0.1) is 27.6 Å². The summed E-state index contributed by atoms with van der Waals surface area (Å²) in [4.78, 5) is 0. The molecule has 0 saturated carbocycles. The van der Waals surface area contributed by atoms with Gasteiger partial charge in [-0.1, -0.05) is 140 Å². The smallest absolute Gasteiger partial charge is 0.252 e. The van der Waals surface area contributed by atoms with Crippen LogP contribution in [0, 0.1) is 0 Å². The van der Waals surface area contributed by atoms with Gasteiger partial charge in [-0.05, 0) is 106 Å².